The molecular formula is C21H16N2O. The van der Waals surface area contributed by atoms with Gasteiger partial charge in [0.2, 0.25) is 0 Å². The third kappa shape index (κ3) is 2.46. The molecule has 0 saturated carbocycles. The zero-order valence-corrected chi connectivity index (χ0v) is 13.0. The second-order valence-electron chi connectivity index (χ2n) is 5.77. The van der Waals surface area contributed by atoms with Crippen molar-refractivity contribution in [2.75, 3.05) is 11.1 Å². The highest BCUT2D eigenvalue weighted by atomic mass is 16.1. The van der Waals surface area contributed by atoms with Gasteiger partial charge in [-0.1, -0.05) is 42.5 Å². The van der Waals surface area contributed by atoms with Crippen molar-refractivity contribution in [1.82, 2.24) is 0 Å². The van der Waals surface area contributed by atoms with Gasteiger partial charge >= 0.3 is 0 Å². The lowest BCUT2D eigenvalue weighted by molar-refractivity contribution is 0.102. The second-order valence-corrected chi connectivity index (χ2v) is 5.77. The Balaban J connectivity index is 1.85. The number of nitrogens with two attached hydrogens (primary N) is 1. The van der Waals surface area contributed by atoms with E-state index >= 15 is 0 Å². The van der Waals surface area contributed by atoms with Crippen molar-refractivity contribution in [2.24, 2.45) is 0 Å². The zero-order chi connectivity index (χ0) is 16.5. The summed E-state index contributed by atoms with van der Waals surface area (Å²) in [6, 6.07) is 25.1. The van der Waals surface area contributed by atoms with Crippen LogP contribution in [0.4, 0.5) is 11.4 Å². The number of fused-ring (bicyclic) bond motifs is 2. The summed E-state index contributed by atoms with van der Waals surface area (Å²) in [7, 11) is 0. The average Bonchev–Trinajstić information content (AvgIpc) is 2.63. The first-order chi connectivity index (χ1) is 11.7. The van der Waals surface area contributed by atoms with E-state index in [1.165, 1.54) is 0 Å². The largest absolute Gasteiger partial charge is 0.398 e. The highest BCUT2D eigenvalue weighted by Crippen LogP contribution is 2.32. The molecule has 0 aromatic heterocycles. The van der Waals surface area contributed by atoms with Crippen LogP contribution < -0.4 is 11.1 Å². The van der Waals surface area contributed by atoms with Gasteiger partial charge < -0.3 is 11.1 Å². The smallest absolute Gasteiger partial charge is 0.255 e. The Kier molecular flexibility index (Phi) is 3.39. The highest BCUT2D eigenvalue weighted by molar-refractivity contribution is 6.13. The van der Waals surface area contributed by atoms with E-state index in [0.717, 1.165) is 27.2 Å². The summed E-state index contributed by atoms with van der Waals surface area (Å²) < 4.78 is 0. The predicted molar refractivity (Wildman–Crippen MR) is 100 cm³/mol. The number of hydrogen-bond acceptors (Lipinski definition) is 2. The molecule has 0 heterocycles. The van der Waals surface area contributed by atoms with Gasteiger partial charge in [0, 0.05) is 27.7 Å². The summed E-state index contributed by atoms with van der Waals surface area (Å²) in [5.41, 5.74) is 8.24. The number of nitrogens with one attached hydrogen (secondary N) is 1. The van der Waals surface area contributed by atoms with Gasteiger partial charge in [-0.2, -0.15) is 0 Å². The van der Waals surface area contributed by atoms with Crippen molar-refractivity contribution in [1.29, 1.82) is 0 Å². The van der Waals surface area contributed by atoms with Crippen molar-refractivity contribution in [3.05, 3.63) is 84.4 Å². The van der Waals surface area contributed by atoms with E-state index in [1.54, 1.807) is 12.1 Å². The molecule has 3 N–H and O–H groups in total. The monoisotopic (exact) mass is 312 g/mol. The molecule has 0 atom stereocenters. The number of benzene rings is 4. The molecule has 0 spiro atoms. The van der Waals surface area contributed by atoms with E-state index in [2.05, 4.69) is 29.6 Å². The van der Waals surface area contributed by atoms with Gasteiger partial charge in [-0.3, -0.25) is 4.79 Å². The molecule has 3 heteroatoms. The van der Waals surface area contributed by atoms with Crippen molar-refractivity contribution < 1.29 is 4.79 Å². The SMILES string of the molecule is Nc1ccc(NC(=O)c2ccccc2)c2cc3ccccc3cc12. The lowest BCUT2D eigenvalue weighted by Gasteiger charge is -2.12. The van der Waals surface area contributed by atoms with Crippen LogP contribution in [-0.4, -0.2) is 5.91 Å². The lowest BCUT2D eigenvalue weighted by atomic mass is 10.0. The lowest BCUT2D eigenvalue weighted by Crippen LogP contribution is -2.12. The van der Waals surface area contributed by atoms with Crippen molar-refractivity contribution in [3.8, 4) is 0 Å². The molecule has 0 fully saturated rings. The number of rotatable bonds is 2. The minimum atomic E-state index is -0.130. The van der Waals surface area contributed by atoms with Gasteiger partial charge in [0.1, 0.15) is 0 Å². The third-order valence-corrected chi connectivity index (χ3v) is 4.20. The maximum atomic E-state index is 12.5. The van der Waals surface area contributed by atoms with Gasteiger partial charge in [-0.25, -0.2) is 0 Å². The van der Waals surface area contributed by atoms with Gasteiger partial charge in [0.15, 0.2) is 0 Å². The zero-order valence-electron chi connectivity index (χ0n) is 13.0. The molecule has 0 radical (unpaired) electrons. The Hall–Kier alpha value is -3.33. The topological polar surface area (TPSA) is 55.1 Å². The predicted octanol–water partition coefficient (Wildman–Crippen LogP) is 4.83. The molecule has 24 heavy (non-hydrogen) atoms. The molecule has 0 saturated heterocycles. The molecule has 4 aromatic rings. The molecule has 1 amide bonds. The fourth-order valence-corrected chi connectivity index (χ4v) is 2.95. The standard InChI is InChI=1S/C21H16N2O/c22-19-10-11-20(23-21(24)14-6-2-1-3-7-14)18-13-16-9-5-4-8-15(16)12-17(18)19/h1-13H,22H2,(H,23,24). The Morgan fingerprint density at radius 2 is 1.38 bits per heavy atom. The molecule has 0 unspecified atom stereocenters. The number of carbonyl (C=O) groups is 1. The first-order valence-corrected chi connectivity index (χ1v) is 7.80. The molecule has 3 nitrogen and oxygen atoms in total. The molecular weight excluding hydrogens is 296 g/mol. The first-order valence-electron chi connectivity index (χ1n) is 7.80. The van der Waals surface area contributed by atoms with Crippen molar-refractivity contribution >= 4 is 38.8 Å². The number of amides is 1. The van der Waals surface area contributed by atoms with Crippen LogP contribution in [0.3, 0.4) is 0 Å². The third-order valence-electron chi connectivity index (χ3n) is 4.20. The van der Waals surface area contributed by atoms with Crippen LogP contribution in [0.1, 0.15) is 10.4 Å². The number of anilines is 2. The molecule has 0 aliphatic rings. The summed E-state index contributed by atoms with van der Waals surface area (Å²) in [6.45, 7) is 0. The molecule has 0 aliphatic heterocycles. The average molecular weight is 312 g/mol. The first kappa shape index (κ1) is 14.3. The van der Waals surface area contributed by atoms with E-state index in [9.17, 15) is 4.79 Å². The minimum absolute atomic E-state index is 0.130. The Morgan fingerprint density at radius 1 is 0.750 bits per heavy atom. The Morgan fingerprint density at radius 3 is 2.08 bits per heavy atom. The second kappa shape index (κ2) is 5.70. The van der Waals surface area contributed by atoms with E-state index < -0.39 is 0 Å². The fraction of sp³-hybridized carbons (Fsp3) is 0. The van der Waals surface area contributed by atoms with Crippen LogP contribution >= 0.6 is 0 Å². The number of hydrogen-bond donors (Lipinski definition) is 2. The summed E-state index contributed by atoms with van der Waals surface area (Å²) in [4.78, 5) is 12.5. The van der Waals surface area contributed by atoms with Gasteiger partial charge in [0.25, 0.3) is 5.91 Å². The minimum Gasteiger partial charge on any atom is -0.398 e. The van der Waals surface area contributed by atoms with Crippen LogP contribution in [-0.2, 0) is 0 Å². The summed E-state index contributed by atoms with van der Waals surface area (Å²) >= 11 is 0. The molecule has 116 valence electrons. The molecule has 4 aromatic carbocycles. The van der Waals surface area contributed by atoms with Crippen LogP contribution in [0, 0.1) is 0 Å². The molecule has 0 aliphatic carbocycles. The summed E-state index contributed by atoms with van der Waals surface area (Å²) in [5, 5.41) is 7.13. The molecule has 4 rings (SSSR count). The van der Waals surface area contributed by atoms with Crippen LogP contribution in [0.5, 0.6) is 0 Å². The van der Waals surface area contributed by atoms with E-state index in [0.29, 0.717) is 11.3 Å². The molecule has 0 bridgehead atoms. The maximum Gasteiger partial charge on any atom is 0.255 e. The van der Waals surface area contributed by atoms with Gasteiger partial charge in [0.05, 0.1) is 0 Å². The van der Waals surface area contributed by atoms with Crippen molar-refractivity contribution in [2.45, 2.75) is 0 Å². The highest BCUT2D eigenvalue weighted by Gasteiger charge is 2.10. The Bertz CT molecular complexity index is 1060. The van der Waals surface area contributed by atoms with Crippen LogP contribution in [0.25, 0.3) is 21.5 Å². The van der Waals surface area contributed by atoms with Crippen LogP contribution in [0.2, 0.25) is 0 Å². The van der Waals surface area contributed by atoms with E-state index in [4.69, 9.17) is 5.73 Å². The fourth-order valence-electron chi connectivity index (χ4n) is 2.95. The maximum absolute atomic E-state index is 12.5. The van der Waals surface area contributed by atoms with E-state index in [1.807, 2.05) is 42.5 Å². The van der Waals surface area contributed by atoms with Gasteiger partial charge in [-0.15, -0.1) is 0 Å². The van der Waals surface area contributed by atoms with Crippen molar-refractivity contribution in [3.63, 3.8) is 0 Å². The Labute approximate surface area is 139 Å². The normalized spacial score (nSPS) is 10.8. The quantitative estimate of drug-likeness (QED) is 0.411. The van der Waals surface area contributed by atoms with Crippen LogP contribution in [0.15, 0.2) is 78.9 Å². The van der Waals surface area contributed by atoms with E-state index in [-0.39, 0.29) is 5.91 Å². The number of carbonyl (C=O) groups excluding carboxylic acids is 1. The summed E-state index contributed by atoms with van der Waals surface area (Å²) in [5.74, 6) is -0.130. The summed E-state index contributed by atoms with van der Waals surface area (Å²) in [6.07, 6.45) is 0. The number of nitrogen functional groups attached to an aromatic ring is 1. The van der Waals surface area contributed by atoms with Gasteiger partial charge in [-0.05, 0) is 47.2 Å².